The van der Waals surface area contributed by atoms with Gasteiger partial charge in [0.05, 0.1) is 24.1 Å². The Kier molecular flexibility index (Phi) is 4.99. The minimum absolute atomic E-state index is 0.150. The van der Waals surface area contributed by atoms with Crippen LogP contribution in [-0.2, 0) is 4.79 Å². The Hall–Kier alpha value is -2.15. The van der Waals surface area contributed by atoms with Gasteiger partial charge in [0, 0.05) is 12.2 Å². The lowest BCUT2D eigenvalue weighted by molar-refractivity contribution is -0.119. The lowest BCUT2D eigenvalue weighted by atomic mass is 9.94. The van der Waals surface area contributed by atoms with Gasteiger partial charge in [0.1, 0.15) is 11.6 Å². The molecule has 2 atom stereocenters. The number of ether oxygens (including phenoxy) is 1. The van der Waals surface area contributed by atoms with Gasteiger partial charge in [0.15, 0.2) is 0 Å². The predicted molar refractivity (Wildman–Crippen MR) is 90.4 cm³/mol. The van der Waals surface area contributed by atoms with Crippen molar-refractivity contribution in [1.29, 1.82) is 0 Å². The monoisotopic (exact) mass is 349 g/mol. The largest absolute Gasteiger partial charge is 0.495 e. The molecule has 0 spiro atoms. The summed E-state index contributed by atoms with van der Waals surface area (Å²) in [7, 11) is 1.53. The summed E-state index contributed by atoms with van der Waals surface area (Å²) in [6, 6.07) is 10.9. The van der Waals surface area contributed by atoms with Crippen LogP contribution < -0.4 is 20.9 Å². The zero-order valence-electron chi connectivity index (χ0n) is 13.0. The second-order valence-corrected chi connectivity index (χ2v) is 5.91. The van der Waals surface area contributed by atoms with Crippen molar-refractivity contribution in [2.24, 2.45) is 5.92 Å². The Morgan fingerprint density at radius 2 is 2.04 bits per heavy atom. The zero-order valence-corrected chi connectivity index (χ0v) is 13.7. The quantitative estimate of drug-likeness (QED) is 0.794. The third-order valence-corrected chi connectivity index (χ3v) is 4.26. The fourth-order valence-electron chi connectivity index (χ4n) is 2.71. The lowest BCUT2D eigenvalue weighted by Gasteiger charge is -2.18. The van der Waals surface area contributed by atoms with Gasteiger partial charge in [-0.1, -0.05) is 23.7 Å². The van der Waals surface area contributed by atoms with Crippen LogP contribution in [0, 0.1) is 11.7 Å². The maximum atomic E-state index is 13.1. The Morgan fingerprint density at radius 3 is 2.71 bits per heavy atom. The molecule has 0 bridgehead atoms. The van der Waals surface area contributed by atoms with E-state index >= 15 is 0 Å². The van der Waals surface area contributed by atoms with Crippen LogP contribution in [0.25, 0.3) is 0 Å². The molecule has 126 valence electrons. The second-order valence-electron chi connectivity index (χ2n) is 5.50. The maximum Gasteiger partial charge on any atom is 0.230 e. The van der Waals surface area contributed by atoms with Crippen LogP contribution in [0.15, 0.2) is 42.5 Å². The Balaban J connectivity index is 1.74. The predicted octanol–water partition coefficient (Wildman–Crippen LogP) is 2.89. The molecule has 7 heteroatoms. The molecule has 2 aromatic carbocycles. The number of hydrogen-bond donors (Lipinski definition) is 3. The summed E-state index contributed by atoms with van der Waals surface area (Å²) in [4.78, 5) is 12.6. The Morgan fingerprint density at radius 1 is 1.29 bits per heavy atom. The number of nitrogens with one attached hydrogen (secondary N) is 3. The highest BCUT2D eigenvalue weighted by Gasteiger charge is 2.34. The fraction of sp³-hybridized carbons (Fsp3) is 0.235. The van der Waals surface area contributed by atoms with Gasteiger partial charge in [-0.3, -0.25) is 10.2 Å². The Bertz CT molecular complexity index is 739. The number of anilines is 1. The van der Waals surface area contributed by atoms with E-state index in [9.17, 15) is 9.18 Å². The molecule has 1 heterocycles. The first kappa shape index (κ1) is 16.7. The molecule has 3 rings (SSSR count). The number of hydrazine groups is 1. The van der Waals surface area contributed by atoms with Gasteiger partial charge in [-0.25, -0.2) is 9.82 Å². The van der Waals surface area contributed by atoms with Gasteiger partial charge in [0.2, 0.25) is 5.91 Å². The molecule has 0 saturated carbocycles. The van der Waals surface area contributed by atoms with Gasteiger partial charge in [-0.15, -0.1) is 0 Å². The van der Waals surface area contributed by atoms with E-state index < -0.39 is 0 Å². The van der Waals surface area contributed by atoms with Crippen LogP contribution in [0.3, 0.4) is 0 Å². The van der Waals surface area contributed by atoms with E-state index in [4.69, 9.17) is 16.3 Å². The SMILES string of the molecule is COc1ccc(NC(=O)C2CNNC2c2ccc(F)cc2)cc1Cl. The third kappa shape index (κ3) is 3.51. The molecule has 2 unspecified atom stereocenters. The van der Waals surface area contributed by atoms with Crippen molar-refractivity contribution in [3.8, 4) is 5.75 Å². The summed E-state index contributed by atoms with van der Waals surface area (Å²) < 4.78 is 18.2. The summed E-state index contributed by atoms with van der Waals surface area (Å²) in [5.74, 6) is -0.249. The second kappa shape index (κ2) is 7.17. The fourth-order valence-corrected chi connectivity index (χ4v) is 2.96. The number of carbonyl (C=O) groups excluding carboxylic acids is 1. The van der Waals surface area contributed by atoms with E-state index in [2.05, 4.69) is 16.2 Å². The van der Waals surface area contributed by atoms with Crippen LogP contribution >= 0.6 is 11.6 Å². The summed E-state index contributed by atoms with van der Waals surface area (Å²) >= 11 is 6.08. The van der Waals surface area contributed by atoms with Gasteiger partial charge in [-0.05, 0) is 35.9 Å². The molecule has 1 fully saturated rings. The standard InChI is InChI=1S/C17H17ClFN3O2/c1-24-15-7-6-12(8-14(15)18)21-17(23)13-9-20-22-16(13)10-2-4-11(19)5-3-10/h2-8,13,16,20,22H,9H2,1H3,(H,21,23). The number of benzene rings is 2. The molecule has 0 aliphatic carbocycles. The van der Waals surface area contributed by atoms with Crippen molar-refractivity contribution in [3.05, 3.63) is 58.9 Å². The summed E-state index contributed by atoms with van der Waals surface area (Å²) in [5.41, 5.74) is 7.48. The molecule has 2 aromatic rings. The minimum Gasteiger partial charge on any atom is -0.495 e. The molecule has 3 N–H and O–H groups in total. The molecule has 5 nitrogen and oxygen atoms in total. The highest BCUT2D eigenvalue weighted by atomic mass is 35.5. The van der Waals surface area contributed by atoms with Gasteiger partial charge in [-0.2, -0.15) is 0 Å². The van der Waals surface area contributed by atoms with Crippen LogP contribution in [0.1, 0.15) is 11.6 Å². The zero-order chi connectivity index (χ0) is 17.1. The van der Waals surface area contributed by atoms with E-state index in [-0.39, 0.29) is 23.7 Å². The molecule has 1 aliphatic heterocycles. The number of halogens is 2. The van der Waals surface area contributed by atoms with E-state index in [1.807, 2.05) is 0 Å². The average molecular weight is 350 g/mol. The van der Waals surface area contributed by atoms with Gasteiger partial charge >= 0.3 is 0 Å². The van der Waals surface area contributed by atoms with E-state index in [0.717, 1.165) is 5.56 Å². The summed E-state index contributed by atoms with van der Waals surface area (Å²) in [6.45, 7) is 0.470. The smallest absolute Gasteiger partial charge is 0.230 e. The maximum absolute atomic E-state index is 13.1. The van der Waals surface area contributed by atoms with Crippen LogP contribution in [0.2, 0.25) is 5.02 Å². The van der Waals surface area contributed by atoms with Crippen molar-refractivity contribution in [2.45, 2.75) is 6.04 Å². The first-order valence-corrected chi connectivity index (χ1v) is 7.84. The Labute approximate surface area is 144 Å². The normalized spacial score (nSPS) is 20.0. The minimum atomic E-state index is -0.337. The lowest BCUT2D eigenvalue weighted by Crippen LogP contribution is -2.29. The molecule has 0 aromatic heterocycles. The molecular formula is C17H17ClFN3O2. The first-order chi connectivity index (χ1) is 11.6. The van der Waals surface area contributed by atoms with E-state index in [1.54, 1.807) is 30.3 Å². The van der Waals surface area contributed by atoms with Gasteiger partial charge in [0.25, 0.3) is 0 Å². The average Bonchev–Trinajstić information content (AvgIpc) is 3.05. The topological polar surface area (TPSA) is 62.4 Å². The van der Waals surface area contributed by atoms with E-state index in [1.165, 1.54) is 19.2 Å². The summed E-state index contributed by atoms with van der Waals surface area (Å²) in [6.07, 6.45) is 0. The van der Waals surface area contributed by atoms with Crippen LogP contribution in [0.4, 0.5) is 10.1 Å². The van der Waals surface area contributed by atoms with Crippen molar-refractivity contribution >= 4 is 23.2 Å². The third-order valence-electron chi connectivity index (χ3n) is 3.97. The van der Waals surface area contributed by atoms with E-state index in [0.29, 0.717) is 23.0 Å². The molecule has 1 amide bonds. The number of methoxy groups -OCH3 is 1. The number of hydrogen-bond acceptors (Lipinski definition) is 4. The van der Waals surface area contributed by atoms with Crippen molar-refractivity contribution < 1.29 is 13.9 Å². The van der Waals surface area contributed by atoms with Crippen molar-refractivity contribution in [1.82, 2.24) is 10.9 Å². The highest BCUT2D eigenvalue weighted by molar-refractivity contribution is 6.32. The number of carbonyl (C=O) groups is 1. The molecule has 24 heavy (non-hydrogen) atoms. The molecule has 0 radical (unpaired) electrons. The number of amides is 1. The molecular weight excluding hydrogens is 333 g/mol. The van der Waals surface area contributed by atoms with Crippen molar-refractivity contribution in [3.63, 3.8) is 0 Å². The summed E-state index contributed by atoms with van der Waals surface area (Å²) in [5, 5.41) is 3.28. The highest BCUT2D eigenvalue weighted by Crippen LogP contribution is 2.29. The van der Waals surface area contributed by atoms with Crippen LogP contribution in [-0.4, -0.2) is 19.6 Å². The van der Waals surface area contributed by atoms with Gasteiger partial charge < -0.3 is 10.1 Å². The van der Waals surface area contributed by atoms with Crippen molar-refractivity contribution in [2.75, 3.05) is 19.0 Å². The number of rotatable bonds is 4. The molecule has 1 aliphatic rings. The first-order valence-electron chi connectivity index (χ1n) is 7.47. The molecule has 1 saturated heterocycles. The van der Waals surface area contributed by atoms with Crippen LogP contribution in [0.5, 0.6) is 5.75 Å².